The third-order valence-corrected chi connectivity index (χ3v) is 5.55. The third-order valence-electron chi connectivity index (χ3n) is 5.55. The van der Waals surface area contributed by atoms with Crippen molar-refractivity contribution < 1.29 is 4.79 Å². The van der Waals surface area contributed by atoms with E-state index in [0.717, 1.165) is 42.0 Å². The van der Waals surface area contributed by atoms with Crippen LogP contribution in [0.2, 0.25) is 0 Å². The molecule has 0 spiro atoms. The maximum atomic E-state index is 12.7. The molecule has 1 aliphatic carbocycles. The number of nitrogens with zero attached hydrogens (tertiary/aromatic N) is 2. The lowest BCUT2D eigenvalue weighted by molar-refractivity contribution is -0.125. The number of aromatic amines is 1. The number of carbonyl (C=O) groups is 1. The highest BCUT2D eigenvalue weighted by atomic mass is 16.2. The van der Waals surface area contributed by atoms with Crippen LogP contribution in [0.1, 0.15) is 50.8 Å². The van der Waals surface area contributed by atoms with Gasteiger partial charge in [-0.25, -0.2) is 0 Å². The highest BCUT2D eigenvalue weighted by molar-refractivity contribution is 5.94. The minimum atomic E-state index is -0.425. The van der Waals surface area contributed by atoms with Gasteiger partial charge in [-0.15, -0.1) is 10.2 Å². The largest absolute Gasteiger partial charge is 0.347 e. The Balaban J connectivity index is 1.63. The summed E-state index contributed by atoms with van der Waals surface area (Å²) < 4.78 is 0. The maximum absolute atomic E-state index is 12.7. The van der Waals surface area contributed by atoms with Crippen LogP contribution in [-0.2, 0) is 4.79 Å². The number of hydrogen-bond acceptors (Lipinski definition) is 4. The van der Waals surface area contributed by atoms with E-state index in [2.05, 4.69) is 20.5 Å². The predicted molar refractivity (Wildman–Crippen MR) is 109 cm³/mol. The molecule has 1 heterocycles. The molecule has 1 amide bonds. The van der Waals surface area contributed by atoms with Crippen LogP contribution >= 0.6 is 0 Å². The molecule has 0 radical (unpaired) electrons. The number of H-pyrrole nitrogens is 1. The fourth-order valence-electron chi connectivity index (χ4n) is 3.97. The van der Waals surface area contributed by atoms with E-state index < -0.39 is 6.04 Å². The first-order valence-electron chi connectivity index (χ1n) is 9.92. The Labute approximate surface area is 163 Å². The molecule has 1 aliphatic rings. The van der Waals surface area contributed by atoms with Crippen LogP contribution in [-0.4, -0.2) is 21.1 Å². The SMILES string of the molecule is CCC(NC(=O)C1CCCC1)c1nnc(-c2cccc3ccccc23)[nH]c1=O. The van der Waals surface area contributed by atoms with Crippen LogP contribution in [0, 0.1) is 5.92 Å². The van der Waals surface area contributed by atoms with E-state index in [0.29, 0.717) is 12.2 Å². The minimum Gasteiger partial charge on any atom is -0.347 e. The van der Waals surface area contributed by atoms with Gasteiger partial charge in [0.1, 0.15) is 0 Å². The van der Waals surface area contributed by atoms with E-state index in [1.54, 1.807) is 0 Å². The number of rotatable bonds is 5. The topological polar surface area (TPSA) is 87.7 Å². The van der Waals surface area contributed by atoms with Gasteiger partial charge in [0.15, 0.2) is 11.5 Å². The van der Waals surface area contributed by atoms with E-state index >= 15 is 0 Å². The summed E-state index contributed by atoms with van der Waals surface area (Å²) in [6, 6.07) is 13.4. The summed E-state index contributed by atoms with van der Waals surface area (Å²) in [6.45, 7) is 1.93. The lowest BCUT2D eigenvalue weighted by atomic mass is 10.0. The van der Waals surface area contributed by atoms with E-state index in [9.17, 15) is 9.59 Å². The van der Waals surface area contributed by atoms with Crippen molar-refractivity contribution in [1.82, 2.24) is 20.5 Å². The first kappa shape index (κ1) is 18.3. The van der Waals surface area contributed by atoms with Crippen molar-refractivity contribution in [3.8, 4) is 11.4 Å². The normalized spacial score (nSPS) is 15.6. The van der Waals surface area contributed by atoms with Crippen molar-refractivity contribution in [1.29, 1.82) is 0 Å². The number of aromatic nitrogens is 3. The molecule has 144 valence electrons. The second kappa shape index (κ2) is 7.92. The van der Waals surface area contributed by atoms with Crippen LogP contribution in [0.4, 0.5) is 0 Å². The molecular formula is C22H24N4O2. The van der Waals surface area contributed by atoms with E-state index in [-0.39, 0.29) is 23.1 Å². The van der Waals surface area contributed by atoms with Gasteiger partial charge in [0.05, 0.1) is 6.04 Å². The van der Waals surface area contributed by atoms with Gasteiger partial charge >= 0.3 is 0 Å². The predicted octanol–water partition coefficient (Wildman–Crippen LogP) is 3.74. The Morgan fingerprint density at radius 2 is 1.89 bits per heavy atom. The molecule has 0 saturated heterocycles. The lowest BCUT2D eigenvalue weighted by Gasteiger charge is -2.18. The molecule has 6 heteroatoms. The van der Waals surface area contributed by atoms with E-state index in [1.165, 1.54) is 0 Å². The van der Waals surface area contributed by atoms with Gasteiger partial charge in [-0.1, -0.05) is 62.2 Å². The van der Waals surface area contributed by atoms with E-state index in [4.69, 9.17) is 0 Å². The van der Waals surface area contributed by atoms with Crippen molar-refractivity contribution in [2.45, 2.75) is 45.1 Å². The molecule has 2 aromatic carbocycles. The molecule has 0 bridgehead atoms. The molecule has 3 aromatic rings. The first-order valence-corrected chi connectivity index (χ1v) is 9.92. The smallest absolute Gasteiger partial charge is 0.275 e. The fourth-order valence-corrected chi connectivity index (χ4v) is 3.97. The average molecular weight is 376 g/mol. The number of benzene rings is 2. The summed E-state index contributed by atoms with van der Waals surface area (Å²) in [5.74, 6) is 0.502. The number of hydrogen-bond donors (Lipinski definition) is 2. The molecule has 0 aliphatic heterocycles. The molecule has 1 atom stereocenters. The van der Waals surface area contributed by atoms with Crippen LogP contribution in [0.5, 0.6) is 0 Å². The Kier molecular flexibility index (Phi) is 5.19. The van der Waals surface area contributed by atoms with Gasteiger partial charge in [0.25, 0.3) is 5.56 Å². The summed E-state index contributed by atoms with van der Waals surface area (Å²) >= 11 is 0. The molecule has 1 aromatic heterocycles. The Hall–Kier alpha value is -3.02. The van der Waals surface area contributed by atoms with Gasteiger partial charge in [-0.3, -0.25) is 9.59 Å². The second-order valence-electron chi connectivity index (χ2n) is 7.37. The highest BCUT2D eigenvalue weighted by Crippen LogP contribution is 2.27. The molecule has 2 N–H and O–H groups in total. The van der Waals surface area contributed by atoms with E-state index in [1.807, 2.05) is 49.4 Å². The molecule has 1 saturated carbocycles. The minimum absolute atomic E-state index is 0.0173. The summed E-state index contributed by atoms with van der Waals surface area (Å²) in [6.07, 6.45) is 4.61. The van der Waals surface area contributed by atoms with Gasteiger partial charge in [0, 0.05) is 11.5 Å². The zero-order valence-electron chi connectivity index (χ0n) is 15.9. The van der Waals surface area contributed by atoms with Crippen molar-refractivity contribution in [3.05, 3.63) is 58.5 Å². The second-order valence-corrected chi connectivity index (χ2v) is 7.37. The summed E-state index contributed by atoms with van der Waals surface area (Å²) in [5.41, 5.74) is 0.784. The van der Waals surface area contributed by atoms with Crippen LogP contribution in [0.3, 0.4) is 0 Å². The van der Waals surface area contributed by atoms with Crippen LogP contribution in [0.25, 0.3) is 22.2 Å². The Bertz CT molecular complexity index is 1050. The first-order chi connectivity index (χ1) is 13.7. The average Bonchev–Trinajstić information content (AvgIpc) is 3.27. The van der Waals surface area contributed by atoms with Gasteiger partial charge in [0.2, 0.25) is 5.91 Å². The standard InChI is InChI=1S/C22H24N4O2/c1-2-18(23-21(27)15-9-3-4-10-15)19-22(28)24-20(26-25-19)17-13-7-11-14-8-5-6-12-16(14)17/h5-8,11-13,15,18H,2-4,9-10H2,1H3,(H,23,27)(H,24,26,28). The number of carbonyl (C=O) groups excluding carboxylic acids is 1. The van der Waals surface area contributed by atoms with Gasteiger partial charge in [-0.05, 0) is 30.0 Å². The van der Waals surface area contributed by atoms with Gasteiger partial charge < -0.3 is 10.3 Å². The molecule has 1 unspecified atom stereocenters. The monoisotopic (exact) mass is 376 g/mol. The van der Waals surface area contributed by atoms with Crippen molar-refractivity contribution in [3.63, 3.8) is 0 Å². The molecule has 4 rings (SSSR count). The molecule has 1 fully saturated rings. The summed E-state index contributed by atoms with van der Waals surface area (Å²) in [5, 5.41) is 13.5. The molecule has 6 nitrogen and oxygen atoms in total. The Morgan fingerprint density at radius 3 is 2.64 bits per heavy atom. The molecular weight excluding hydrogens is 352 g/mol. The molecule has 28 heavy (non-hydrogen) atoms. The maximum Gasteiger partial charge on any atom is 0.275 e. The number of fused-ring (bicyclic) bond motifs is 1. The summed E-state index contributed by atoms with van der Waals surface area (Å²) in [7, 11) is 0. The van der Waals surface area contributed by atoms with Gasteiger partial charge in [-0.2, -0.15) is 0 Å². The zero-order chi connectivity index (χ0) is 19.5. The van der Waals surface area contributed by atoms with Crippen molar-refractivity contribution in [2.24, 2.45) is 5.92 Å². The van der Waals surface area contributed by atoms with Crippen molar-refractivity contribution in [2.75, 3.05) is 0 Å². The number of nitrogens with one attached hydrogen (secondary N) is 2. The highest BCUT2D eigenvalue weighted by Gasteiger charge is 2.26. The quantitative estimate of drug-likeness (QED) is 0.710. The summed E-state index contributed by atoms with van der Waals surface area (Å²) in [4.78, 5) is 28.1. The third kappa shape index (κ3) is 3.54. The van der Waals surface area contributed by atoms with Crippen molar-refractivity contribution >= 4 is 16.7 Å². The van der Waals surface area contributed by atoms with Crippen LogP contribution in [0.15, 0.2) is 47.3 Å². The zero-order valence-corrected chi connectivity index (χ0v) is 15.9. The van der Waals surface area contributed by atoms with Crippen LogP contribution < -0.4 is 10.9 Å². The fraction of sp³-hybridized carbons (Fsp3) is 0.364. The number of amides is 1. The Morgan fingerprint density at radius 1 is 1.14 bits per heavy atom. The lowest BCUT2D eigenvalue weighted by Crippen LogP contribution is -2.36.